The van der Waals surface area contributed by atoms with Crippen LogP contribution in [0, 0.1) is 0 Å². The predicted octanol–water partition coefficient (Wildman–Crippen LogP) is 11.9. The zero-order valence-corrected chi connectivity index (χ0v) is 50.9. The lowest BCUT2D eigenvalue weighted by molar-refractivity contribution is -0.359. The van der Waals surface area contributed by atoms with E-state index in [1.165, 1.54) is 64.2 Å². The number of carbonyl (C=O) groups is 1. The molecule has 472 valence electrons. The molecule has 1 amide bonds. The molecular formula is C69H113NO13. The predicted molar refractivity (Wildman–Crippen MR) is 336 cm³/mol. The summed E-state index contributed by atoms with van der Waals surface area (Å²) in [5, 5.41) is 87.0. The Bertz CT molecular complexity index is 1900. The Hall–Kier alpha value is -3.87. The number of ether oxygens (including phenoxy) is 4. The van der Waals surface area contributed by atoms with Crippen LogP contribution in [0.3, 0.4) is 0 Å². The average molecular weight is 1160 g/mol. The lowest BCUT2D eigenvalue weighted by Crippen LogP contribution is -2.65. The zero-order chi connectivity index (χ0) is 60.2. The molecule has 14 heteroatoms. The number of aliphatic hydroxyl groups is 8. The van der Waals surface area contributed by atoms with Crippen LogP contribution < -0.4 is 5.32 Å². The van der Waals surface area contributed by atoms with Gasteiger partial charge in [0.2, 0.25) is 5.91 Å². The van der Waals surface area contributed by atoms with Crippen LogP contribution in [0.5, 0.6) is 0 Å². The van der Waals surface area contributed by atoms with Crippen LogP contribution in [0.1, 0.15) is 200 Å². The summed E-state index contributed by atoms with van der Waals surface area (Å²) in [6.45, 7) is 2.58. The summed E-state index contributed by atoms with van der Waals surface area (Å²) in [6, 6.07) is -0.946. The maximum absolute atomic E-state index is 13.3. The number of aliphatic hydroxyl groups excluding tert-OH is 8. The molecule has 2 saturated heterocycles. The molecule has 2 aliphatic heterocycles. The molecule has 0 aromatic heterocycles. The Morgan fingerprint density at radius 2 is 0.843 bits per heavy atom. The Morgan fingerprint density at radius 1 is 0.446 bits per heavy atom. The number of amides is 1. The van der Waals surface area contributed by atoms with E-state index in [4.69, 9.17) is 18.9 Å². The van der Waals surface area contributed by atoms with Crippen molar-refractivity contribution < 1.29 is 64.6 Å². The summed E-state index contributed by atoms with van der Waals surface area (Å²) < 4.78 is 22.7. The molecule has 0 saturated carbocycles. The highest BCUT2D eigenvalue weighted by atomic mass is 16.7. The summed E-state index contributed by atoms with van der Waals surface area (Å²) in [4.78, 5) is 13.3. The van der Waals surface area contributed by atoms with Crippen molar-refractivity contribution in [1.82, 2.24) is 5.32 Å². The quantitative estimate of drug-likeness (QED) is 0.0204. The van der Waals surface area contributed by atoms with Crippen LogP contribution in [-0.4, -0.2) is 140 Å². The summed E-state index contributed by atoms with van der Waals surface area (Å²) >= 11 is 0. The smallest absolute Gasteiger partial charge is 0.220 e. The fraction of sp³-hybridized carbons (Fsp3) is 0.667. The number of nitrogens with one attached hydrogen (secondary N) is 1. The molecule has 83 heavy (non-hydrogen) atoms. The second kappa shape index (κ2) is 52.5. The van der Waals surface area contributed by atoms with Gasteiger partial charge in [-0.05, 0) is 103 Å². The third-order valence-corrected chi connectivity index (χ3v) is 14.5. The van der Waals surface area contributed by atoms with Crippen molar-refractivity contribution in [2.75, 3.05) is 19.8 Å². The maximum atomic E-state index is 13.3. The van der Waals surface area contributed by atoms with Crippen LogP contribution in [0.4, 0.5) is 0 Å². The fourth-order valence-corrected chi connectivity index (χ4v) is 9.44. The van der Waals surface area contributed by atoms with Crippen molar-refractivity contribution in [3.63, 3.8) is 0 Å². The standard InChI is InChI=1S/C69H113NO13/c1-3-5-7-9-11-13-15-17-18-19-20-21-22-23-24-25-26-27-28-29-30-31-32-33-34-35-36-37-38-39-40-41-43-45-47-49-51-53-61(74)70-57(58(73)52-50-48-46-44-42-16-14-12-10-8-6-4-2)56-80-68-66(79)64(77)67(60(55-72)82-68)83-69-65(78)63(76)62(75)59(54-71)81-69/h5,7,10-13,17-18,20-21,23-24,26-27,29-30,32-33,42,44,50,52,57-60,62-69,71-73,75-79H,3-4,6,8-9,14-16,19,22,25,28,31,34-41,43,45-49,51,53-56H2,1-2H3,(H,70,74)/b7-5-,12-10+,13-11-,18-17-,21-20-,24-23-,27-26-,30-29-,33-32-,44-42+,52-50+. The lowest BCUT2D eigenvalue weighted by Gasteiger charge is -2.46. The van der Waals surface area contributed by atoms with Gasteiger partial charge in [-0.3, -0.25) is 4.79 Å². The van der Waals surface area contributed by atoms with Gasteiger partial charge in [0.05, 0.1) is 32.0 Å². The highest BCUT2D eigenvalue weighted by molar-refractivity contribution is 5.76. The summed E-state index contributed by atoms with van der Waals surface area (Å²) in [5.74, 6) is -0.263. The van der Waals surface area contributed by atoms with E-state index in [1.807, 2.05) is 6.08 Å². The number of unbranched alkanes of at least 4 members (excludes halogenated alkanes) is 16. The van der Waals surface area contributed by atoms with Gasteiger partial charge >= 0.3 is 0 Å². The average Bonchev–Trinajstić information content (AvgIpc) is 3.58. The molecule has 2 fully saturated rings. The van der Waals surface area contributed by atoms with E-state index in [-0.39, 0.29) is 18.9 Å². The molecule has 2 rings (SSSR count). The minimum atomic E-state index is -1.80. The van der Waals surface area contributed by atoms with Crippen molar-refractivity contribution in [2.45, 2.75) is 274 Å². The molecule has 0 radical (unpaired) electrons. The topological polar surface area (TPSA) is 228 Å². The molecule has 2 heterocycles. The molecule has 0 bridgehead atoms. The van der Waals surface area contributed by atoms with Gasteiger partial charge in [-0.2, -0.15) is 0 Å². The molecule has 0 aliphatic carbocycles. The molecule has 0 aromatic carbocycles. The van der Waals surface area contributed by atoms with Crippen molar-refractivity contribution in [1.29, 1.82) is 0 Å². The lowest BCUT2D eigenvalue weighted by atomic mass is 9.97. The van der Waals surface area contributed by atoms with Crippen LogP contribution in [-0.2, 0) is 23.7 Å². The van der Waals surface area contributed by atoms with Crippen molar-refractivity contribution in [2.24, 2.45) is 0 Å². The van der Waals surface area contributed by atoms with Gasteiger partial charge in [-0.1, -0.05) is 225 Å². The minimum absolute atomic E-state index is 0.259. The summed E-state index contributed by atoms with van der Waals surface area (Å²) in [7, 11) is 0. The third kappa shape index (κ3) is 37.3. The van der Waals surface area contributed by atoms with Crippen LogP contribution in [0.25, 0.3) is 0 Å². The monoisotopic (exact) mass is 1160 g/mol. The highest BCUT2D eigenvalue weighted by Crippen LogP contribution is 2.30. The van der Waals surface area contributed by atoms with E-state index in [9.17, 15) is 45.6 Å². The first-order valence-electron chi connectivity index (χ1n) is 31.9. The molecule has 9 N–H and O–H groups in total. The van der Waals surface area contributed by atoms with Crippen LogP contribution in [0.2, 0.25) is 0 Å². The maximum Gasteiger partial charge on any atom is 0.220 e. The normalized spacial score (nSPS) is 24.7. The number of carbonyl (C=O) groups excluding carboxylic acids is 1. The second-order valence-electron chi connectivity index (χ2n) is 21.8. The van der Waals surface area contributed by atoms with Crippen molar-refractivity contribution in [3.8, 4) is 0 Å². The van der Waals surface area contributed by atoms with Crippen LogP contribution in [0.15, 0.2) is 134 Å². The first-order valence-corrected chi connectivity index (χ1v) is 31.9. The van der Waals surface area contributed by atoms with E-state index in [1.54, 1.807) is 6.08 Å². The SMILES string of the molecule is CC/C=C\C/C=C\C/C=C\C/C=C\C/C=C\C/C=C\C/C=C\C/C=C\CCCCCCCCCCCCCCC(=O)NC(COC1OC(CO)C(OC2OC(CO)C(O)C(O)C2O)C(O)C1O)C(O)/C=C/CC/C=C/CC/C=C/CCCC. The van der Waals surface area contributed by atoms with Gasteiger partial charge in [-0.25, -0.2) is 0 Å². The Labute approximate surface area is 500 Å². The summed E-state index contributed by atoms with van der Waals surface area (Å²) in [6.07, 6.45) is 60.8. The van der Waals surface area contributed by atoms with Gasteiger partial charge in [-0.15, -0.1) is 0 Å². The molecular weight excluding hydrogens is 1050 g/mol. The van der Waals surface area contributed by atoms with Crippen LogP contribution >= 0.6 is 0 Å². The Balaban J connectivity index is 1.63. The van der Waals surface area contributed by atoms with Gasteiger partial charge in [0, 0.05) is 6.42 Å². The summed E-state index contributed by atoms with van der Waals surface area (Å²) in [5.41, 5.74) is 0. The fourth-order valence-electron chi connectivity index (χ4n) is 9.44. The Kier molecular flexibility index (Phi) is 47.5. The van der Waals surface area contributed by atoms with E-state index in [0.717, 1.165) is 103 Å². The number of hydrogen-bond acceptors (Lipinski definition) is 13. The Morgan fingerprint density at radius 3 is 1.33 bits per heavy atom. The van der Waals surface area contributed by atoms with Gasteiger partial charge in [0.25, 0.3) is 0 Å². The first kappa shape index (κ1) is 75.2. The van der Waals surface area contributed by atoms with E-state index in [0.29, 0.717) is 12.8 Å². The third-order valence-electron chi connectivity index (χ3n) is 14.5. The number of allylic oxidation sites excluding steroid dienone is 21. The van der Waals surface area contributed by atoms with Crippen molar-refractivity contribution in [3.05, 3.63) is 134 Å². The van der Waals surface area contributed by atoms with Gasteiger partial charge in [0.15, 0.2) is 12.6 Å². The van der Waals surface area contributed by atoms with Gasteiger partial charge < -0.3 is 65.1 Å². The molecule has 14 nitrogen and oxygen atoms in total. The second-order valence-corrected chi connectivity index (χ2v) is 21.8. The number of hydrogen-bond donors (Lipinski definition) is 9. The van der Waals surface area contributed by atoms with Gasteiger partial charge in [0.1, 0.15) is 48.8 Å². The van der Waals surface area contributed by atoms with E-state index < -0.39 is 86.8 Å². The zero-order valence-electron chi connectivity index (χ0n) is 50.9. The first-order chi connectivity index (χ1) is 40.6. The van der Waals surface area contributed by atoms with E-state index in [2.05, 4.69) is 141 Å². The molecule has 0 spiro atoms. The molecule has 0 aromatic rings. The molecule has 2 aliphatic rings. The minimum Gasteiger partial charge on any atom is -0.394 e. The van der Waals surface area contributed by atoms with Crippen molar-refractivity contribution >= 4 is 5.91 Å². The number of rotatable bonds is 49. The molecule has 12 atom stereocenters. The van der Waals surface area contributed by atoms with E-state index >= 15 is 0 Å². The largest absolute Gasteiger partial charge is 0.394 e. The highest BCUT2D eigenvalue weighted by Gasteiger charge is 2.51. The molecule has 12 unspecified atom stereocenters.